The quantitative estimate of drug-likeness (QED) is 0.104. The number of aromatic hydroxyl groups is 1. The molecule has 2 amide bonds. The molecular formula is C54H65FN12O5. The normalized spacial score (nSPS) is 23.5. The first-order valence-corrected chi connectivity index (χ1v) is 25.7. The largest absolute Gasteiger partial charge is 0.507 e. The second-order valence-corrected chi connectivity index (χ2v) is 20.7. The summed E-state index contributed by atoms with van der Waals surface area (Å²) in [5.74, 6) is 1.54. The van der Waals surface area contributed by atoms with Gasteiger partial charge in [-0.3, -0.25) is 14.5 Å². The third-order valence-electron chi connectivity index (χ3n) is 15.6. The number of nitrogens with two attached hydrogens (primary N) is 1. The van der Waals surface area contributed by atoms with Gasteiger partial charge in [-0.1, -0.05) is 43.3 Å². The summed E-state index contributed by atoms with van der Waals surface area (Å²) in [6, 6.07) is 23.7. The number of rotatable bonds is 14. The van der Waals surface area contributed by atoms with Crippen LogP contribution >= 0.6 is 0 Å². The number of ether oxygens (including phenoxy) is 1. The topological polar surface area (TPSA) is 206 Å². The molecule has 0 spiro atoms. The second-order valence-electron chi connectivity index (χ2n) is 20.7. The van der Waals surface area contributed by atoms with Crippen LogP contribution in [0.5, 0.6) is 11.6 Å². The van der Waals surface area contributed by atoms with Gasteiger partial charge in [-0.05, 0) is 106 Å². The standard InChI is InChI=1S/C54H65FN12O5/c1-33(2)51(54(70)66-21-6-8-44(66)53(69)59-34(3)37-12-10-35(28-56)11-13-37)48-27-49(62-72-48)64-23-17-36(18-24-64)29-63-22-19-47(42(55)32-63)71-50-25-38(16-20-58-50)67-39-14-15-40(67)31-65(30-39)45-26-43(60-61-52(45)57)41-7-4-5-9-46(41)68/h4-5,7,9-13,16,20,25-27,33-34,36,39-40,42,44,47,51,68H,6,8,14-15,17-19,21-24,29-32H2,1-3H3,(H2,57,61)(H,59,69). The SMILES string of the molecule is CC(NC(=O)C1CCCN1C(=O)C(c1cc(N2CCC(CN3CCC(Oc4cc(N5C6CCC5CN(c5cc(-c7ccccc7O)nnc5N)C6)ccn4)C(F)C3)CC2)no1)C(C)C)c1ccc(C#N)cc1. The van der Waals surface area contributed by atoms with Gasteiger partial charge in [0.15, 0.2) is 17.4 Å². The number of pyridine rings is 1. The number of likely N-dealkylation sites (tertiary alicyclic amines) is 2. The number of para-hydroxylation sites is 1. The second kappa shape index (κ2) is 21.0. The molecule has 7 atom stereocenters. The Bertz CT molecular complexity index is 2750. The van der Waals surface area contributed by atoms with E-state index in [1.807, 2.05) is 69.3 Å². The predicted octanol–water partition coefficient (Wildman–Crippen LogP) is 6.86. The average Bonchev–Trinajstić information content (AvgIpc) is 4.14. The first kappa shape index (κ1) is 48.6. The number of piperazine rings is 1. The molecule has 18 heteroatoms. The molecule has 2 aromatic carbocycles. The number of fused-ring (bicyclic) bond motifs is 2. The third kappa shape index (κ3) is 10.2. The number of nitrogens with zero attached hydrogens (tertiary/aromatic N) is 10. The molecule has 8 heterocycles. The van der Waals surface area contributed by atoms with Crippen LogP contribution in [0.3, 0.4) is 0 Å². The van der Waals surface area contributed by atoms with Crippen molar-refractivity contribution >= 4 is 34.8 Å². The van der Waals surface area contributed by atoms with Crippen molar-refractivity contribution < 1.29 is 28.3 Å². The number of phenolic OH excluding ortho intramolecular Hbond substituents is 1. The van der Waals surface area contributed by atoms with Crippen molar-refractivity contribution in [2.24, 2.45) is 11.8 Å². The molecular weight excluding hydrogens is 916 g/mol. The van der Waals surface area contributed by atoms with E-state index in [1.54, 1.807) is 35.4 Å². The minimum absolute atomic E-state index is 0.0877. The summed E-state index contributed by atoms with van der Waals surface area (Å²) < 4.78 is 28.2. The number of aromatic nitrogens is 4. The van der Waals surface area contributed by atoms with Gasteiger partial charge < -0.3 is 45.0 Å². The molecule has 4 N–H and O–H groups in total. The van der Waals surface area contributed by atoms with E-state index >= 15 is 4.39 Å². The van der Waals surface area contributed by atoms with Gasteiger partial charge in [0.05, 0.1) is 29.1 Å². The maximum atomic E-state index is 16.0. The van der Waals surface area contributed by atoms with E-state index in [0.717, 1.165) is 88.3 Å². The van der Waals surface area contributed by atoms with E-state index in [4.69, 9.17) is 20.3 Å². The molecule has 0 saturated carbocycles. The fourth-order valence-corrected chi connectivity index (χ4v) is 11.8. The summed E-state index contributed by atoms with van der Waals surface area (Å²) in [5.41, 5.74) is 10.8. The molecule has 0 radical (unpaired) electrons. The molecule has 72 heavy (non-hydrogen) atoms. The van der Waals surface area contributed by atoms with Crippen LogP contribution in [-0.4, -0.2) is 130 Å². The van der Waals surface area contributed by atoms with E-state index in [-0.39, 0.29) is 41.6 Å². The molecule has 5 fully saturated rings. The van der Waals surface area contributed by atoms with Crippen molar-refractivity contribution in [3.05, 3.63) is 95.9 Å². The van der Waals surface area contributed by atoms with Gasteiger partial charge in [0.25, 0.3) is 0 Å². The Balaban J connectivity index is 0.690. The number of carbonyl (C=O) groups excluding carboxylic acids is 2. The van der Waals surface area contributed by atoms with Gasteiger partial charge in [-0.15, -0.1) is 10.2 Å². The Labute approximate surface area is 420 Å². The number of benzene rings is 2. The lowest BCUT2D eigenvalue weighted by atomic mass is 9.91. The third-order valence-corrected chi connectivity index (χ3v) is 15.6. The van der Waals surface area contributed by atoms with Gasteiger partial charge in [0.1, 0.15) is 30.0 Å². The minimum atomic E-state index is -1.15. The molecule has 17 nitrogen and oxygen atoms in total. The van der Waals surface area contributed by atoms with Crippen molar-refractivity contribution in [1.29, 1.82) is 5.26 Å². The number of anilines is 4. The first-order chi connectivity index (χ1) is 34.9. The maximum Gasteiger partial charge on any atom is 0.243 e. The Hall–Kier alpha value is -7.00. The highest BCUT2D eigenvalue weighted by Crippen LogP contribution is 2.40. The molecule has 2 bridgehead atoms. The van der Waals surface area contributed by atoms with Crippen molar-refractivity contribution in [2.75, 3.05) is 72.8 Å². The highest BCUT2D eigenvalue weighted by molar-refractivity contribution is 5.91. The zero-order chi connectivity index (χ0) is 50.0. The number of amides is 2. The number of nitriles is 1. The fourth-order valence-electron chi connectivity index (χ4n) is 11.8. The van der Waals surface area contributed by atoms with Crippen LogP contribution in [0.15, 0.2) is 83.5 Å². The Morgan fingerprint density at radius 1 is 0.917 bits per heavy atom. The minimum Gasteiger partial charge on any atom is -0.507 e. The van der Waals surface area contributed by atoms with E-state index in [0.29, 0.717) is 71.9 Å². The van der Waals surface area contributed by atoms with Crippen LogP contribution in [0.4, 0.5) is 27.4 Å². The van der Waals surface area contributed by atoms with Crippen LogP contribution in [0.2, 0.25) is 0 Å². The highest BCUT2D eigenvalue weighted by atomic mass is 19.1. The monoisotopic (exact) mass is 981 g/mol. The lowest BCUT2D eigenvalue weighted by molar-refractivity contribution is -0.141. The van der Waals surface area contributed by atoms with Crippen molar-refractivity contribution in [1.82, 2.24) is 35.5 Å². The highest BCUT2D eigenvalue weighted by Gasteiger charge is 2.43. The Morgan fingerprint density at radius 2 is 1.68 bits per heavy atom. The van der Waals surface area contributed by atoms with Crippen LogP contribution in [-0.2, 0) is 9.59 Å². The van der Waals surface area contributed by atoms with Crippen LogP contribution in [0.25, 0.3) is 11.3 Å². The number of carbonyl (C=O) groups is 2. The number of hydrogen-bond acceptors (Lipinski definition) is 15. The van der Waals surface area contributed by atoms with Crippen molar-refractivity contribution in [3.8, 4) is 29.0 Å². The molecule has 5 aromatic rings. The molecule has 5 aliphatic heterocycles. The molecule has 3 aromatic heterocycles. The maximum absolute atomic E-state index is 16.0. The number of halogens is 1. The summed E-state index contributed by atoms with van der Waals surface area (Å²) in [5, 5.41) is 35.7. The number of alkyl halides is 1. The van der Waals surface area contributed by atoms with Gasteiger partial charge in [-0.25, -0.2) is 9.37 Å². The van der Waals surface area contributed by atoms with Crippen LogP contribution < -0.4 is 30.5 Å². The molecule has 378 valence electrons. The number of phenols is 1. The van der Waals surface area contributed by atoms with Gasteiger partial charge >= 0.3 is 0 Å². The smallest absolute Gasteiger partial charge is 0.243 e. The lowest BCUT2D eigenvalue weighted by Crippen LogP contribution is -2.54. The Kier molecular flexibility index (Phi) is 14.2. The summed E-state index contributed by atoms with van der Waals surface area (Å²) in [7, 11) is 0. The summed E-state index contributed by atoms with van der Waals surface area (Å²) in [6.07, 6.45) is 5.79. The molecule has 10 rings (SSSR count). The van der Waals surface area contributed by atoms with Crippen LogP contribution in [0, 0.1) is 23.2 Å². The van der Waals surface area contributed by atoms with Gasteiger partial charge in [-0.2, -0.15) is 5.26 Å². The summed E-state index contributed by atoms with van der Waals surface area (Å²) in [6.45, 7) is 11.3. The number of nitrogen functional groups attached to an aromatic ring is 1. The van der Waals surface area contributed by atoms with Crippen molar-refractivity contribution in [3.63, 3.8) is 0 Å². The van der Waals surface area contributed by atoms with E-state index in [9.17, 15) is 14.7 Å². The number of hydrogen-bond donors (Lipinski definition) is 3. The number of piperidine rings is 2. The molecule has 5 saturated heterocycles. The molecule has 7 unspecified atom stereocenters. The predicted molar refractivity (Wildman–Crippen MR) is 271 cm³/mol. The first-order valence-electron chi connectivity index (χ1n) is 25.7. The van der Waals surface area contributed by atoms with Crippen molar-refractivity contribution in [2.45, 2.75) is 108 Å². The molecule has 0 aliphatic carbocycles. The van der Waals surface area contributed by atoms with Gasteiger partial charge in [0, 0.05) is 94.0 Å². The van der Waals surface area contributed by atoms with Crippen LogP contribution in [0.1, 0.15) is 94.6 Å². The zero-order valence-corrected chi connectivity index (χ0v) is 41.3. The molecule has 5 aliphatic rings. The lowest BCUT2D eigenvalue weighted by Gasteiger charge is -2.43. The van der Waals surface area contributed by atoms with E-state index < -0.39 is 24.2 Å². The zero-order valence-electron chi connectivity index (χ0n) is 41.3. The van der Waals surface area contributed by atoms with Gasteiger partial charge in [0.2, 0.25) is 17.7 Å². The fraction of sp³-hybridized carbons (Fsp3) is 0.500. The Morgan fingerprint density at radius 3 is 2.40 bits per heavy atom. The van der Waals surface area contributed by atoms with E-state index in [2.05, 4.69) is 51.3 Å². The summed E-state index contributed by atoms with van der Waals surface area (Å²) >= 11 is 0. The summed E-state index contributed by atoms with van der Waals surface area (Å²) in [4.78, 5) is 43.2. The van der Waals surface area contributed by atoms with E-state index in [1.165, 1.54) is 0 Å². The number of nitrogens with one attached hydrogen (secondary N) is 1. The average molecular weight is 981 g/mol.